The van der Waals surface area contributed by atoms with Crippen LogP contribution in [0.1, 0.15) is 32.3 Å². The lowest BCUT2D eigenvalue weighted by Crippen LogP contribution is -2.42. The SMILES string of the molecule is CN=C(NCc1ccc(OCC(C)C)cc1)NC1CC=CC1.I. The van der Waals surface area contributed by atoms with E-state index in [2.05, 4.69) is 53.8 Å². The summed E-state index contributed by atoms with van der Waals surface area (Å²) in [5.41, 5.74) is 1.21. The van der Waals surface area contributed by atoms with Gasteiger partial charge in [0.25, 0.3) is 0 Å². The molecule has 2 N–H and O–H groups in total. The molecule has 0 aromatic heterocycles. The molecule has 2 rings (SSSR count). The molecule has 1 aliphatic rings. The average molecular weight is 429 g/mol. The molecule has 0 saturated heterocycles. The smallest absolute Gasteiger partial charge is 0.191 e. The Morgan fingerprint density at radius 1 is 1.22 bits per heavy atom. The van der Waals surface area contributed by atoms with E-state index in [1.54, 1.807) is 7.05 Å². The molecule has 0 aliphatic heterocycles. The monoisotopic (exact) mass is 429 g/mol. The van der Waals surface area contributed by atoms with Crippen LogP contribution in [0.2, 0.25) is 0 Å². The Labute approximate surface area is 156 Å². The summed E-state index contributed by atoms with van der Waals surface area (Å²) in [6.45, 7) is 5.81. The third-order valence-electron chi connectivity index (χ3n) is 3.54. The molecular formula is C18H28IN3O. The van der Waals surface area contributed by atoms with E-state index in [0.29, 0.717) is 12.0 Å². The first-order valence-electron chi connectivity index (χ1n) is 8.01. The van der Waals surface area contributed by atoms with Crippen LogP contribution in [0.3, 0.4) is 0 Å². The van der Waals surface area contributed by atoms with Crippen LogP contribution in [-0.2, 0) is 6.54 Å². The molecule has 5 heteroatoms. The zero-order valence-electron chi connectivity index (χ0n) is 14.2. The van der Waals surface area contributed by atoms with Gasteiger partial charge in [0.05, 0.1) is 6.61 Å². The number of hydrogen-bond donors (Lipinski definition) is 2. The topological polar surface area (TPSA) is 45.7 Å². The van der Waals surface area contributed by atoms with E-state index in [9.17, 15) is 0 Å². The van der Waals surface area contributed by atoms with Crippen LogP contribution in [0.15, 0.2) is 41.4 Å². The fourth-order valence-electron chi connectivity index (χ4n) is 2.28. The first kappa shape index (κ1) is 19.8. The Kier molecular flexibility index (Phi) is 9.06. The van der Waals surface area contributed by atoms with E-state index >= 15 is 0 Å². The van der Waals surface area contributed by atoms with Crippen molar-refractivity contribution >= 4 is 29.9 Å². The van der Waals surface area contributed by atoms with Gasteiger partial charge in [-0.1, -0.05) is 38.1 Å². The van der Waals surface area contributed by atoms with Crippen LogP contribution in [-0.4, -0.2) is 25.7 Å². The molecule has 0 atom stereocenters. The highest BCUT2D eigenvalue weighted by molar-refractivity contribution is 14.0. The minimum Gasteiger partial charge on any atom is -0.493 e. The van der Waals surface area contributed by atoms with Crippen molar-refractivity contribution < 1.29 is 4.74 Å². The van der Waals surface area contributed by atoms with Crippen molar-refractivity contribution in [3.8, 4) is 5.75 Å². The van der Waals surface area contributed by atoms with Gasteiger partial charge in [0, 0.05) is 19.6 Å². The summed E-state index contributed by atoms with van der Waals surface area (Å²) in [6.07, 6.45) is 6.56. The first-order valence-corrected chi connectivity index (χ1v) is 8.01. The summed E-state index contributed by atoms with van der Waals surface area (Å²) in [7, 11) is 1.81. The van der Waals surface area contributed by atoms with Crippen molar-refractivity contribution in [2.24, 2.45) is 10.9 Å². The maximum absolute atomic E-state index is 5.69. The zero-order chi connectivity index (χ0) is 15.8. The van der Waals surface area contributed by atoms with E-state index in [-0.39, 0.29) is 24.0 Å². The molecule has 0 amide bonds. The van der Waals surface area contributed by atoms with Crippen LogP contribution >= 0.6 is 24.0 Å². The van der Waals surface area contributed by atoms with Gasteiger partial charge in [-0.3, -0.25) is 4.99 Å². The number of hydrogen-bond acceptors (Lipinski definition) is 2. The minimum atomic E-state index is 0. The highest BCUT2D eigenvalue weighted by atomic mass is 127. The molecule has 0 bridgehead atoms. The predicted octanol–water partition coefficient (Wildman–Crippen LogP) is 3.72. The van der Waals surface area contributed by atoms with E-state index < -0.39 is 0 Å². The zero-order valence-corrected chi connectivity index (χ0v) is 16.5. The second-order valence-electron chi connectivity index (χ2n) is 6.06. The van der Waals surface area contributed by atoms with Crippen molar-refractivity contribution in [3.63, 3.8) is 0 Å². The Morgan fingerprint density at radius 2 is 1.87 bits per heavy atom. The second-order valence-corrected chi connectivity index (χ2v) is 6.06. The number of rotatable bonds is 6. The Hall–Kier alpha value is -1.24. The Balaban J connectivity index is 0.00000264. The molecule has 23 heavy (non-hydrogen) atoms. The van der Waals surface area contributed by atoms with E-state index in [1.807, 2.05) is 12.1 Å². The van der Waals surface area contributed by atoms with Crippen LogP contribution < -0.4 is 15.4 Å². The van der Waals surface area contributed by atoms with E-state index in [1.165, 1.54) is 5.56 Å². The number of benzene rings is 1. The molecule has 128 valence electrons. The number of halogens is 1. The highest BCUT2D eigenvalue weighted by Gasteiger charge is 2.11. The summed E-state index contributed by atoms with van der Waals surface area (Å²) >= 11 is 0. The van der Waals surface area contributed by atoms with Gasteiger partial charge in [-0.25, -0.2) is 0 Å². The average Bonchev–Trinajstić information content (AvgIpc) is 3.03. The fraction of sp³-hybridized carbons (Fsp3) is 0.500. The third kappa shape index (κ3) is 7.24. The van der Waals surface area contributed by atoms with E-state index in [4.69, 9.17) is 4.74 Å². The maximum atomic E-state index is 5.69. The van der Waals surface area contributed by atoms with Crippen LogP contribution in [0, 0.1) is 5.92 Å². The van der Waals surface area contributed by atoms with Gasteiger partial charge in [-0.2, -0.15) is 0 Å². The standard InChI is InChI=1S/C18H27N3O.HI/c1-14(2)13-22-17-10-8-15(9-11-17)12-20-18(19-3)21-16-6-4-5-7-16;/h4-5,8-11,14,16H,6-7,12-13H2,1-3H3,(H2,19,20,21);1H. The fourth-order valence-corrected chi connectivity index (χ4v) is 2.28. The number of guanidine groups is 1. The highest BCUT2D eigenvalue weighted by Crippen LogP contribution is 2.13. The van der Waals surface area contributed by atoms with Gasteiger partial charge < -0.3 is 15.4 Å². The van der Waals surface area contributed by atoms with Crippen molar-refractivity contribution in [2.75, 3.05) is 13.7 Å². The molecular weight excluding hydrogens is 401 g/mol. The number of ether oxygens (including phenoxy) is 1. The Morgan fingerprint density at radius 3 is 2.43 bits per heavy atom. The van der Waals surface area contributed by atoms with Gasteiger partial charge in [-0.15, -0.1) is 24.0 Å². The van der Waals surface area contributed by atoms with Crippen molar-refractivity contribution in [1.82, 2.24) is 10.6 Å². The molecule has 0 unspecified atom stereocenters. The van der Waals surface area contributed by atoms with E-state index in [0.717, 1.165) is 37.7 Å². The lowest BCUT2D eigenvalue weighted by atomic mass is 10.2. The van der Waals surface area contributed by atoms with Gasteiger partial charge in [-0.05, 0) is 36.5 Å². The minimum absolute atomic E-state index is 0. The molecule has 0 radical (unpaired) electrons. The molecule has 0 saturated carbocycles. The molecule has 1 aromatic carbocycles. The quantitative estimate of drug-likeness (QED) is 0.314. The van der Waals surface area contributed by atoms with Crippen LogP contribution in [0.4, 0.5) is 0 Å². The normalized spacial score (nSPS) is 14.7. The predicted molar refractivity (Wildman–Crippen MR) is 108 cm³/mol. The lowest BCUT2D eigenvalue weighted by molar-refractivity contribution is 0.271. The third-order valence-corrected chi connectivity index (χ3v) is 3.54. The molecule has 0 fully saturated rings. The maximum Gasteiger partial charge on any atom is 0.191 e. The van der Waals surface area contributed by atoms with Crippen LogP contribution in [0.5, 0.6) is 5.75 Å². The first-order chi connectivity index (χ1) is 10.7. The van der Waals surface area contributed by atoms with Gasteiger partial charge in [0.15, 0.2) is 5.96 Å². The summed E-state index contributed by atoms with van der Waals surface area (Å²) in [4.78, 5) is 4.27. The van der Waals surface area contributed by atoms with Gasteiger partial charge >= 0.3 is 0 Å². The summed E-state index contributed by atoms with van der Waals surface area (Å²) in [6, 6.07) is 8.70. The van der Waals surface area contributed by atoms with Crippen molar-refractivity contribution in [1.29, 1.82) is 0 Å². The molecule has 0 heterocycles. The second kappa shape index (κ2) is 10.5. The Bertz CT molecular complexity index is 504. The molecule has 4 nitrogen and oxygen atoms in total. The number of nitrogens with one attached hydrogen (secondary N) is 2. The van der Waals surface area contributed by atoms with Crippen molar-refractivity contribution in [3.05, 3.63) is 42.0 Å². The lowest BCUT2D eigenvalue weighted by Gasteiger charge is -2.17. The molecule has 1 aliphatic carbocycles. The number of nitrogens with zero attached hydrogens (tertiary/aromatic N) is 1. The summed E-state index contributed by atoms with van der Waals surface area (Å²) in [5.74, 6) is 2.33. The van der Waals surface area contributed by atoms with Crippen molar-refractivity contribution in [2.45, 2.75) is 39.3 Å². The molecule has 1 aromatic rings. The van der Waals surface area contributed by atoms with Crippen LogP contribution in [0.25, 0.3) is 0 Å². The summed E-state index contributed by atoms with van der Waals surface area (Å²) < 4.78 is 5.69. The number of aliphatic imine (C=N–C) groups is 1. The van der Waals surface area contributed by atoms with Gasteiger partial charge in [0.1, 0.15) is 5.75 Å². The largest absolute Gasteiger partial charge is 0.493 e. The van der Waals surface area contributed by atoms with Gasteiger partial charge in [0.2, 0.25) is 0 Å². The molecule has 0 spiro atoms. The summed E-state index contributed by atoms with van der Waals surface area (Å²) in [5, 5.41) is 6.78.